The monoisotopic (exact) mass is 318 g/mol. The highest BCUT2D eigenvalue weighted by Gasteiger charge is 2.21. The molecule has 0 aromatic heterocycles. The summed E-state index contributed by atoms with van der Waals surface area (Å²) in [5.74, 6) is 0.781. The Morgan fingerprint density at radius 3 is 2.04 bits per heavy atom. The highest BCUT2D eigenvalue weighted by Crippen LogP contribution is 2.45. The number of hydrogen-bond acceptors (Lipinski definition) is 5. The second kappa shape index (κ2) is 6.91. The van der Waals surface area contributed by atoms with E-state index in [2.05, 4.69) is 0 Å². The van der Waals surface area contributed by atoms with Crippen molar-refractivity contribution in [2.75, 3.05) is 28.4 Å². The minimum atomic E-state index is -1.04. The van der Waals surface area contributed by atoms with Crippen molar-refractivity contribution >= 4 is 5.97 Å². The molecule has 0 bridgehead atoms. The minimum Gasteiger partial charge on any atom is -0.497 e. The Bertz CT molecular complexity index is 723. The SMILES string of the molecule is COc1ccc(C(=O)O)c(-c2ccc(OC)c(OC)c2OC)c1. The molecule has 122 valence electrons. The summed E-state index contributed by atoms with van der Waals surface area (Å²) in [6.45, 7) is 0. The van der Waals surface area contributed by atoms with Crippen molar-refractivity contribution in [2.45, 2.75) is 0 Å². The van der Waals surface area contributed by atoms with Gasteiger partial charge in [-0.25, -0.2) is 4.79 Å². The van der Waals surface area contributed by atoms with Gasteiger partial charge in [0.15, 0.2) is 11.5 Å². The lowest BCUT2D eigenvalue weighted by molar-refractivity contribution is 0.0697. The molecule has 0 aliphatic rings. The fourth-order valence-corrected chi connectivity index (χ4v) is 2.37. The average molecular weight is 318 g/mol. The molecule has 0 amide bonds. The van der Waals surface area contributed by atoms with Gasteiger partial charge in [0.2, 0.25) is 5.75 Å². The molecule has 0 unspecified atom stereocenters. The van der Waals surface area contributed by atoms with Gasteiger partial charge in [0.1, 0.15) is 5.75 Å². The largest absolute Gasteiger partial charge is 0.497 e. The molecule has 2 rings (SSSR count). The zero-order chi connectivity index (χ0) is 17.0. The first kappa shape index (κ1) is 16.5. The van der Waals surface area contributed by atoms with Crippen molar-refractivity contribution < 1.29 is 28.8 Å². The smallest absolute Gasteiger partial charge is 0.336 e. The molecule has 0 aliphatic carbocycles. The van der Waals surface area contributed by atoms with Crippen LogP contribution in [0.2, 0.25) is 0 Å². The van der Waals surface area contributed by atoms with Crippen LogP contribution in [-0.2, 0) is 0 Å². The van der Waals surface area contributed by atoms with Gasteiger partial charge < -0.3 is 24.1 Å². The van der Waals surface area contributed by atoms with E-state index in [4.69, 9.17) is 18.9 Å². The maximum Gasteiger partial charge on any atom is 0.336 e. The minimum absolute atomic E-state index is 0.135. The van der Waals surface area contributed by atoms with Crippen LogP contribution in [-0.4, -0.2) is 39.5 Å². The molecule has 2 aromatic rings. The summed E-state index contributed by atoms with van der Waals surface area (Å²) in [5, 5.41) is 9.44. The fourth-order valence-electron chi connectivity index (χ4n) is 2.37. The summed E-state index contributed by atoms with van der Waals surface area (Å²) in [4.78, 5) is 11.5. The van der Waals surface area contributed by atoms with Gasteiger partial charge in [-0.3, -0.25) is 0 Å². The molecule has 0 saturated carbocycles. The Balaban J connectivity index is 2.78. The molecule has 0 heterocycles. The lowest BCUT2D eigenvalue weighted by atomic mass is 9.97. The Morgan fingerprint density at radius 1 is 0.826 bits per heavy atom. The molecule has 0 aliphatic heterocycles. The maximum absolute atomic E-state index is 11.5. The van der Waals surface area contributed by atoms with Crippen molar-refractivity contribution in [3.63, 3.8) is 0 Å². The van der Waals surface area contributed by atoms with Gasteiger partial charge in [-0.2, -0.15) is 0 Å². The lowest BCUT2D eigenvalue weighted by Crippen LogP contribution is -2.02. The molecule has 1 N–H and O–H groups in total. The highest BCUT2D eigenvalue weighted by atomic mass is 16.5. The normalized spacial score (nSPS) is 10.1. The molecule has 2 aromatic carbocycles. The summed E-state index contributed by atoms with van der Waals surface area (Å²) < 4.78 is 21.2. The molecule has 0 spiro atoms. The third-order valence-corrected chi connectivity index (χ3v) is 3.45. The van der Waals surface area contributed by atoms with Crippen LogP contribution in [0.3, 0.4) is 0 Å². The quantitative estimate of drug-likeness (QED) is 0.882. The number of benzene rings is 2. The van der Waals surface area contributed by atoms with Crippen molar-refractivity contribution in [2.24, 2.45) is 0 Å². The Hall–Kier alpha value is -2.89. The third kappa shape index (κ3) is 3.01. The molecule has 6 heteroatoms. The van der Waals surface area contributed by atoms with Crippen LogP contribution in [0.25, 0.3) is 11.1 Å². The first-order chi connectivity index (χ1) is 11.1. The number of ether oxygens (including phenoxy) is 4. The van der Waals surface area contributed by atoms with Crippen molar-refractivity contribution in [3.8, 4) is 34.1 Å². The maximum atomic E-state index is 11.5. The summed E-state index contributed by atoms with van der Waals surface area (Å²) in [5.41, 5.74) is 1.17. The van der Waals surface area contributed by atoms with Crippen LogP contribution in [0.1, 0.15) is 10.4 Å². The third-order valence-electron chi connectivity index (χ3n) is 3.45. The molecular weight excluding hydrogens is 300 g/mol. The van der Waals surface area contributed by atoms with E-state index in [9.17, 15) is 9.90 Å². The van der Waals surface area contributed by atoms with Crippen LogP contribution < -0.4 is 18.9 Å². The summed E-state index contributed by atoms with van der Waals surface area (Å²) in [6.07, 6.45) is 0. The van der Waals surface area contributed by atoms with Crippen LogP contribution in [0, 0.1) is 0 Å². The van der Waals surface area contributed by atoms with E-state index in [-0.39, 0.29) is 5.56 Å². The molecular formula is C17H18O6. The standard InChI is InChI=1S/C17H18O6/c1-20-10-5-6-12(17(18)19)13(9-10)11-7-8-14(21-2)16(23-4)15(11)22-3/h5-9H,1-4H3,(H,18,19). The number of carboxylic acids is 1. The van der Waals surface area contributed by atoms with Crippen molar-refractivity contribution in [1.29, 1.82) is 0 Å². The molecule has 0 fully saturated rings. The topological polar surface area (TPSA) is 74.2 Å². The van der Waals surface area contributed by atoms with E-state index in [1.165, 1.54) is 34.5 Å². The molecule has 6 nitrogen and oxygen atoms in total. The van der Waals surface area contributed by atoms with Gasteiger partial charge in [-0.1, -0.05) is 0 Å². The van der Waals surface area contributed by atoms with E-state index < -0.39 is 5.97 Å². The number of carbonyl (C=O) groups is 1. The zero-order valence-electron chi connectivity index (χ0n) is 13.4. The Morgan fingerprint density at radius 2 is 1.52 bits per heavy atom. The summed E-state index contributed by atoms with van der Waals surface area (Å²) in [6, 6.07) is 8.16. The first-order valence-electron chi connectivity index (χ1n) is 6.78. The number of carboxylic acid groups (broad SMARTS) is 1. The van der Waals surface area contributed by atoms with Crippen LogP contribution in [0.4, 0.5) is 0 Å². The van der Waals surface area contributed by atoms with Gasteiger partial charge in [-0.05, 0) is 30.3 Å². The van der Waals surface area contributed by atoms with Gasteiger partial charge in [0.05, 0.1) is 34.0 Å². The Kier molecular flexibility index (Phi) is 4.95. The van der Waals surface area contributed by atoms with Crippen molar-refractivity contribution in [3.05, 3.63) is 35.9 Å². The number of methoxy groups -OCH3 is 4. The van der Waals surface area contributed by atoms with Gasteiger partial charge >= 0.3 is 5.97 Å². The number of aromatic carboxylic acids is 1. The molecule has 0 radical (unpaired) electrons. The van der Waals surface area contributed by atoms with E-state index in [0.29, 0.717) is 34.1 Å². The van der Waals surface area contributed by atoms with Gasteiger partial charge in [0, 0.05) is 11.1 Å². The van der Waals surface area contributed by atoms with E-state index >= 15 is 0 Å². The van der Waals surface area contributed by atoms with Crippen LogP contribution in [0.5, 0.6) is 23.0 Å². The summed E-state index contributed by atoms with van der Waals surface area (Å²) >= 11 is 0. The van der Waals surface area contributed by atoms with E-state index in [1.54, 1.807) is 24.3 Å². The first-order valence-corrected chi connectivity index (χ1v) is 6.78. The van der Waals surface area contributed by atoms with Crippen LogP contribution >= 0.6 is 0 Å². The van der Waals surface area contributed by atoms with Crippen molar-refractivity contribution in [1.82, 2.24) is 0 Å². The van der Waals surface area contributed by atoms with E-state index in [0.717, 1.165) is 0 Å². The molecule has 0 atom stereocenters. The molecule has 0 saturated heterocycles. The lowest BCUT2D eigenvalue weighted by Gasteiger charge is -2.17. The van der Waals surface area contributed by atoms with E-state index in [1.807, 2.05) is 0 Å². The highest BCUT2D eigenvalue weighted by molar-refractivity contribution is 5.98. The predicted molar refractivity (Wildman–Crippen MR) is 85.0 cm³/mol. The zero-order valence-corrected chi connectivity index (χ0v) is 13.4. The van der Waals surface area contributed by atoms with Gasteiger partial charge in [0.25, 0.3) is 0 Å². The molecule has 23 heavy (non-hydrogen) atoms. The van der Waals surface area contributed by atoms with Crippen LogP contribution in [0.15, 0.2) is 30.3 Å². The average Bonchev–Trinajstić information content (AvgIpc) is 2.59. The predicted octanol–water partition coefficient (Wildman–Crippen LogP) is 3.09. The van der Waals surface area contributed by atoms with Gasteiger partial charge in [-0.15, -0.1) is 0 Å². The second-order valence-electron chi connectivity index (χ2n) is 4.60. The summed E-state index contributed by atoms with van der Waals surface area (Å²) in [7, 11) is 6.02. The number of rotatable bonds is 6. The fraction of sp³-hybridized carbons (Fsp3) is 0.235. The second-order valence-corrected chi connectivity index (χ2v) is 4.60. The Labute approximate surface area is 134 Å². The number of hydrogen-bond donors (Lipinski definition) is 1.